The molecular formula is C72H91N15O14S. The summed E-state index contributed by atoms with van der Waals surface area (Å²) in [6.07, 6.45) is 9.52. The van der Waals surface area contributed by atoms with Crippen molar-refractivity contribution in [1.82, 2.24) is 55.7 Å². The maximum absolute atomic E-state index is 14.0. The van der Waals surface area contributed by atoms with Gasteiger partial charge < -0.3 is 71.6 Å². The fourth-order valence-electron chi connectivity index (χ4n) is 16.4. The van der Waals surface area contributed by atoms with Gasteiger partial charge in [-0.3, -0.25) is 33.6 Å². The number of ether oxygens (including phenoxy) is 3. The fraction of sp³-hybridized carbons (Fsp3) is 0.514. The van der Waals surface area contributed by atoms with Crippen molar-refractivity contribution in [3.05, 3.63) is 107 Å². The number of fused-ring (bicyclic) bond motifs is 2. The van der Waals surface area contributed by atoms with Crippen molar-refractivity contribution in [3.63, 3.8) is 0 Å². The second-order valence-corrected chi connectivity index (χ2v) is 29.9. The van der Waals surface area contributed by atoms with Gasteiger partial charge in [-0.1, -0.05) is 63.3 Å². The van der Waals surface area contributed by atoms with Gasteiger partial charge in [0.05, 0.1) is 61.1 Å². The Hall–Kier alpha value is -9.49. The molecule has 2 aliphatic heterocycles. The van der Waals surface area contributed by atoms with Crippen molar-refractivity contribution in [2.45, 2.75) is 156 Å². The number of aliphatic hydroxyl groups excluding tert-OH is 2. The van der Waals surface area contributed by atoms with Gasteiger partial charge in [0, 0.05) is 84.9 Å². The van der Waals surface area contributed by atoms with Crippen molar-refractivity contribution in [2.24, 2.45) is 27.9 Å². The van der Waals surface area contributed by atoms with E-state index in [-0.39, 0.29) is 100 Å². The lowest BCUT2D eigenvalue weighted by Gasteiger charge is -2.69. The number of para-hydroxylation sites is 1. The number of carboxylic acids is 1. The van der Waals surface area contributed by atoms with E-state index >= 15 is 0 Å². The number of hydrogen-bond acceptors (Lipinski definition) is 21. The predicted molar refractivity (Wildman–Crippen MR) is 379 cm³/mol. The Morgan fingerprint density at radius 1 is 0.833 bits per heavy atom. The number of nitrogens with zero attached hydrogens (tertiary/aromatic N) is 9. The zero-order chi connectivity index (χ0) is 72.7. The Morgan fingerprint density at radius 3 is 2.28 bits per heavy atom. The summed E-state index contributed by atoms with van der Waals surface area (Å²) in [7, 11) is 0. The molecule has 4 saturated carbocycles. The summed E-state index contributed by atoms with van der Waals surface area (Å²) in [5.74, 6) is -2.48. The minimum absolute atomic E-state index is 0.0123. The summed E-state index contributed by atoms with van der Waals surface area (Å²) >= 11 is 1.54. The molecule has 10 N–H and O–H groups in total. The number of carbonyl (C=O) groups is 8. The van der Waals surface area contributed by atoms with Crippen molar-refractivity contribution in [1.29, 1.82) is 0 Å². The topological polar surface area (TPSA) is 390 Å². The van der Waals surface area contributed by atoms with Gasteiger partial charge in [0.25, 0.3) is 11.8 Å². The number of aromatic carboxylic acids is 1. The molecule has 30 heteroatoms. The van der Waals surface area contributed by atoms with E-state index in [1.807, 2.05) is 59.8 Å². The average molecular weight is 1420 g/mol. The van der Waals surface area contributed by atoms with Gasteiger partial charge in [0.2, 0.25) is 17.7 Å². The first-order valence-corrected chi connectivity index (χ1v) is 35.6. The van der Waals surface area contributed by atoms with E-state index in [1.165, 1.54) is 28.4 Å². The van der Waals surface area contributed by atoms with Crippen LogP contribution in [-0.2, 0) is 57.8 Å². The fourth-order valence-corrected chi connectivity index (χ4v) is 17.2. The van der Waals surface area contributed by atoms with Crippen LogP contribution in [-0.4, -0.2) is 186 Å². The number of anilines is 5. The van der Waals surface area contributed by atoms with Crippen LogP contribution >= 0.6 is 11.3 Å². The molecule has 4 fully saturated rings. The number of carboxylic acid groups (broad SMARTS) is 1. The van der Waals surface area contributed by atoms with Gasteiger partial charge in [-0.15, -0.1) is 10.2 Å². The molecule has 29 nitrogen and oxygen atoms in total. The van der Waals surface area contributed by atoms with Crippen LogP contribution in [0.5, 0.6) is 0 Å². The molecule has 0 spiro atoms. The molecule has 6 aliphatic rings. The number of urea groups is 1. The van der Waals surface area contributed by atoms with E-state index in [4.69, 9.17) is 35.0 Å². The molecule has 5 atom stereocenters. The molecule has 4 bridgehead atoms. The largest absolute Gasteiger partial charge is 0.476 e. The third-order valence-corrected chi connectivity index (χ3v) is 21.0. The van der Waals surface area contributed by atoms with Crippen LogP contribution < -0.4 is 37.2 Å². The zero-order valence-electron chi connectivity index (χ0n) is 58.4. The Balaban J connectivity index is 0.700. The minimum Gasteiger partial charge on any atom is -0.476 e. The summed E-state index contributed by atoms with van der Waals surface area (Å²) in [5, 5.41) is 60.0. The number of benzene rings is 2. The van der Waals surface area contributed by atoms with Crippen LogP contribution in [0.15, 0.2) is 79.0 Å². The van der Waals surface area contributed by atoms with Gasteiger partial charge in [0.1, 0.15) is 24.5 Å². The highest BCUT2D eigenvalue weighted by molar-refractivity contribution is 7.22. The number of nitrogens with two attached hydrogens (primary N) is 1. The summed E-state index contributed by atoms with van der Waals surface area (Å²) in [5.41, 5.74) is 10.0. The van der Waals surface area contributed by atoms with E-state index in [0.29, 0.717) is 58.1 Å². The smallest absolute Gasteiger partial charge is 0.410 e. The Bertz CT molecular complexity index is 4090. The summed E-state index contributed by atoms with van der Waals surface area (Å²) < 4.78 is 21.5. The highest BCUT2D eigenvalue weighted by atomic mass is 32.1. The number of rotatable bonds is 33. The van der Waals surface area contributed by atoms with E-state index in [9.17, 15) is 53.7 Å². The molecule has 12 rings (SSSR count). The van der Waals surface area contributed by atoms with Gasteiger partial charge in [-0.05, 0) is 149 Å². The van der Waals surface area contributed by atoms with Crippen molar-refractivity contribution in [2.75, 3.05) is 74.7 Å². The second-order valence-electron chi connectivity index (χ2n) is 28.9. The van der Waals surface area contributed by atoms with Crippen molar-refractivity contribution >= 4 is 97.5 Å². The Labute approximate surface area is 594 Å². The first kappa shape index (κ1) is 73.7. The Kier molecular flexibility index (Phi) is 22.7. The lowest BCUT2D eigenvalue weighted by molar-refractivity contribution is -0.248. The first-order valence-electron chi connectivity index (χ1n) is 34.8. The predicted octanol–water partition coefficient (Wildman–Crippen LogP) is 7.35. The molecule has 6 aromatic rings. The zero-order valence-corrected chi connectivity index (χ0v) is 59.2. The molecule has 4 aliphatic carbocycles. The number of imide groups is 1. The maximum atomic E-state index is 14.0. The number of aliphatic hydroxyl groups is 2. The quantitative estimate of drug-likeness (QED) is 0.0144. The van der Waals surface area contributed by atoms with Crippen LogP contribution in [0.4, 0.5) is 37.9 Å². The van der Waals surface area contributed by atoms with Gasteiger partial charge in [-0.25, -0.2) is 24.4 Å². The number of carbonyl (C=O) groups excluding carboxylic acids is 7. The molecule has 2 unspecified atom stereocenters. The van der Waals surface area contributed by atoms with Crippen molar-refractivity contribution < 1.29 is 67.9 Å². The van der Waals surface area contributed by atoms with Crippen LogP contribution in [0.1, 0.15) is 131 Å². The normalized spacial score (nSPS) is 21.2. The first-order chi connectivity index (χ1) is 48.7. The van der Waals surface area contributed by atoms with Crippen LogP contribution in [0.2, 0.25) is 0 Å². The molecular weight excluding hydrogens is 1330 g/mol. The third-order valence-electron chi connectivity index (χ3n) is 20.1. The summed E-state index contributed by atoms with van der Waals surface area (Å²) in [6.45, 7) is 13.1. The van der Waals surface area contributed by atoms with Gasteiger partial charge >= 0.3 is 18.1 Å². The monoisotopic (exact) mass is 1420 g/mol. The molecule has 544 valence electrons. The lowest BCUT2D eigenvalue weighted by atomic mass is 9.39. The van der Waals surface area contributed by atoms with Gasteiger partial charge in [0.15, 0.2) is 22.5 Å². The number of pyridine rings is 1. The van der Waals surface area contributed by atoms with Crippen LogP contribution in [0.3, 0.4) is 0 Å². The summed E-state index contributed by atoms with van der Waals surface area (Å²) in [6, 6.07) is 15.2. The SMILES string of the molecule is Cc1c(Nc2nc3ccccc3s2)nnc2c1CCCN2c1ccc(-c2cnn(CC34CC5(C)CC(C)(C3)CC(OCCN(CC[C@H](O)CO)C(=O)OCc3ccc(NC(=O)[C@H](CCCNC(N)=O)NC(=O)[C@@H](NC(=O)CCOCCN6C(=O)C=CC6=O)C(C)C)cc3)(C5)C4)c2C)c(C(=O)O)n1. The summed E-state index contributed by atoms with van der Waals surface area (Å²) in [4.78, 5) is 117. The van der Waals surface area contributed by atoms with E-state index < -0.39 is 83.9 Å². The van der Waals surface area contributed by atoms with E-state index in [2.05, 4.69) is 50.6 Å². The molecule has 2 aromatic carbocycles. The van der Waals surface area contributed by atoms with Crippen LogP contribution in [0, 0.1) is 36.0 Å². The molecule has 8 amide bonds. The standard InChI is InChI=1S/C72H91N15O14S/c1-43(2)59(80-56(90)24-30-99-31-29-86-57(91)21-22-58(86)92)64(94)77-53(13-9-25-74-66(73)97)63(93)76-47-17-15-46(16-18-47)35-100-68(98)84(27-23-48(89)34-88)28-32-101-72-39-69(5)36-70(6,40-72)38-71(37-69,41-72)42-87-45(4)51(33-75-87)50-19-20-55(79-60(50)65(95)96)85-26-10-11-49-44(3)61(82-83-62(49)85)81-67-78-52-12-7-8-14-54(52)102-67/h7-8,12,14-22,33,43,48,53,59,88-89H,9-11,13,23-32,34-42H2,1-6H3,(H,76,93)(H,77,94)(H,80,90)(H,95,96)(H3,73,74,97)(H,78,81,82)/t48-,53-,59-,69?,70?,71?,72?/m0/s1. The van der Waals surface area contributed by atoms with Gasteiger partial charge in [-0.2, -0.15) is 5.10 Å². The number of hydrogen-bond donors (Lipinski definition) is 9. The van der Waals surface area contributed by atoms with Crippen LogP contribution in [0.25, 0.3) is 21.3 Å². The lowest BCUT2D eigenvalue weighted by Crippen LogP contribution is -2.64. The number of nitrogens with one attached hydrogen (secondary N) is 5. The Morgan fingerprint density at radius 2 is 1.58 bits per heavy atom. The number of thiazole rings is 1. The van der Waals surface area contributed by atoms with Crippen molar-refractivity contribution in [3.8, 4) is 11.1 Å². The second kappa shape index (κ2) is 31.4. The molecule has 0 radical (unpaired) electrons. The molecule has 0 saturated heterocycles. The molecule has 102 heavy (non-hydrogen) atoms. The number of amides is 8. The highest BCUT2D eigenvalue weighted by Gasteiger charge is 2.66. The average Bonchev–Trinajstić information content (AvgIpc) is 0.748. The number of primary amides is 1. The van der Waals surface area contributed by atoms with E-state index in [0.717, 1.165) is 83.3 Å². The highest BCUT2D eigenvalue weighted by Crippen LogP contribution is 2.72. The molecule has 6 heterocycles. The minimum atomic E-state index is -1.17. The molecule has 4 aromatic heterocycles. The maximum Gasteiger partial charge on any atom is 0.410 e. The third kappa shape index (κ3) is 17.3. The number of aromatic nitrogens is 6. The van der Waals surface area contributed by atoms with E-state index in [1.54, 1.807) is 44.3 Å².